The predicted molar refractivity (Wildman–Crippen MR) is 85.4 cm³/mol. The largest absolute Gasteiger partial charge is 0.489 e. The van der Waals surface area contributed by atoms with Gasteiger partial charge in [-0.2, -0.15) is 0 Å². The van der Waals surface area contributed by atoms with E-state index in [0.29, 0.717) is 16.8 Å². The first-order valence-electron chi connectivity index (χ1n) is 6.37. The summed E-state index contributed by atoms with van der Waals surface area (Å²) in [7, 11) is 1.33. The van der Waals surface area contributed by atoms with Crippen LogP contribution in [0.15, 0.2) is 40.9 Å². The van der Waals surface area contributed by atoms with E-state index in [0.717, 1.165) is 15.8 Å². The number of nitrogens with two attached hydrogens (primary N) is 1. The molecule has 0 aliphatic heterocycles. The van der Waals surface area contributed by atoms with E-state index < -0.39 is 5.97 Å². The highest BCUT2D eigenvalue weighted by atomic mass is 79.9. The van der Waals surface area contributed by atoms with E-state index in [1.54, 1.807) is 18.2 Å². The number of hydrogen-bond acceptors (Lipinski definition) is 4. The minimum atomic E-state index is -0.459. The van der Waals surface area contributed by atoms with Gasteiger partial charge in [-0.1, -0.05) is 28.1 Å². The highest BCUT2D eigenvalue weighted by Gasteiger charge is 2.15. The van der Waals surface area contributed by atoms with Crippen LogP contribution in [-0.2, 0) is 11.3 Å². The Labute approximate surface area is 132 Å². The number of esters is 1. The summed E-state index contributed by atoms with van der Waals surface area (Å²) < 4.78 is 11.5. The van der Waals surface area contributed by atoms with Crippen LogP contribution in [0, 0.1) is 6.92 Å². The summed E-state index contributed by atoms with van der Waals surface area (Å²) in [5.74, 6) is 0.302. The van der Waals surface area contributed by atoms with Crippen molar-refractivity contribution in [2.24, 2.45) is 0 Å². The van der Waals surface area contributed by atoms with Crippen LogP contribution in [0.25, 0.3) is 0 Å². The molecule has 0 saturated heterocycles. The quantitative estimate of drug-likeness (QED) is 0.675. The molecular formula is C16H16BrNO3. The van der Waals surface area contributed by atoms with E-state index >= 15 is 0 Å². The molecule has 0 spiro atoms. The van der Waals surface area contributed by atoms with Gasteiger partial charge >= 0.3 is 5.97 Å². The first kappa shape index (κ1) is 15.4. The summed E-state index contributed by atoms with van der Waals surface area (Å²) in [6, 6.07) is 11.0. The molecule has 2 N–H and O–H groups in total. The van der Waals surface area contributed by atoms with E-state index in [-0.39, 0.29) is 6.61 Å². The SMILES string of the molecule is COC(=O)c1c(N)cccc1COc1ccc(Br)cc1C. The van der Waals surface area contributed by atoms with Crippen LogP contribution in [0.2, 0.25) is 0 Å². The summed E-state index contributed by atoms with van der Waals surface area (Å²) in [5, 5.41) is 0. The zero-order valence-corrected chi connectivity index (χ0v) is 13.4. The van der Waals surface area contributed by atoms with Crippen LogP contribution in [-0.4, -0.2) is 13.1 Å². The van der Waals surface area contributed by atoms with Crippen molar-refractivity contribution in [3.05, 3.63) is 57.6 Å². The molecule has 0 amide bonds. The molecule has 5 heteroatoms. The van der Waals surface area contributed by atoms with Gasteiger partial charge in [-0.3, -0.25) is 0 Å². The highest BCUT2D eigenvalue weighted by Crippen LogP contribution is 2.25. The maximum atomic E-state index is 11.8. The molecule has 0 fully saturated rings. The van der Waals surface area contributed by atoms with Gasteiger partial charge in [0.15, 0.2) is 0 Å². The van der Waals surface area contributed by atoms with Gasteiger partial charge < -0.3 is 15.2 Å². The number of nitrogen functional groups attached to an aromatic ring is 1. The maximum absolute atomic E-state index is 11.8. The van der Waals surface area contributed by atoms with Crippen LogP contribution < -0.4 is 10.5 Å². The Morgan fingerprint density at radius 3 is 2.71 bits per heavy atom. The van der Waals surface area contributed by atoms with Crippen LogP contribution in [0.5, 0.6) is 5.75 Å². The summed E-state index contributed by atoms with van der Waals surface area (Å²) in [6.07, 6.45) is 0. The normalized spacial score (nSPS) is 10.2. The van der Waals surface area contributed by atoms with Crippen molar-refractivity contribution in [1.82, 2.24) is 0 Å². The molecule has 2 aromatic carbocycles. The molecule has 0 unspecified atom stereocenters. The molecule has 0 aliphatic carbocycles. The van der Waals surface area contributed by atoms with E-state index in [9.17, 15) is 4.79 Å². The first-order valence-corrected chi connectivity index (χ1v) is 7.17. The molecule has 0 radical (unpaired) electrons. The Morgan fingerprint density at radius 2 is 2.05 bits per heavy atom. The van der Waals surface area contributed by atoms with Crippen LogP contribution in [0.3, 0.4) is 0 Å². The topological polar surface area (TPSA) is 61.5 Å². The average Bonchev–Trinajstić information content (AvgIpc) is 2.45. The van der Waals surface area contributed by atoms with E-state index in [1.165, 1.54) is 7.11 Å². The predicted octanol–water partition coefficient (Wildman–Crippen LogP) is 3.71. The van der Waals surface area contributed by atoms with Crippen LogP contribution in [0.4, 0.5) is 5.69 Å². The van der Waals surface area contributed by atoms with Gasteiger partial charge in [0, 0.05) is 15.7 Å². The molecule has 110 valence electrons. The lowest BCUT2D eigenvalue weighted by Crippen LogP contribution is -2.11. The van der Waals surface area contributed by atoms with Gasteiger partial charge in [-0.15, -0.1) is 0 Å². The summed E-state index contributed by atoms with van der Waals surface area (Å²) in [6.45, 7) is 2.21. The number of carbonyl (C=O) groups is 1. The second-order valence-corrected chi connectivity index (χ2v) is 5.49. The molecule has 0 atom stereocenters. The minimum Gasteiger partial charge on any atom is -0.489 e. The number of ether oxygens (including phenoxy) is 2. The molecule has 0 aliphatic rings. The molecule has 0 bridgehead atoms. The monoisotopic (exact) mass is 349 g/mol. The van der Waals surface area contributed by atoms with Gasteiger partial charge in [0.1, 0.15) is 12.4 Å². The molecule has 2 rings (SSSR count). The zero-order valence-electron chi connectivity index (χ0n) is 11.9. The van der Waals surface area contributed by atoms with Gasteiger partial charge in [-0.05, 0) is 36.8 Å². The number of halogens is 1. The second kappa shape index (κ2) is 6.63. The molecular weight excluding hydrogens is 334 g/mol. The van der Waals surface area contributed by atoms with Crippen molar-refractivity contribution >= 4 is 27.6 Å². The van der Waals surface area contributed by atoms with E-state index in [1.807, 2.05) is 25.1 Å². The van der Waals surface area contributed by atoms with Gasteiger partial charge in [-0.25, -0.2) is 4.79 Å². The summed E-state index contributed by atoms with van der Waals surface area (Å²) in [5.41, 5.74) is 8.30. The molecule has 0 aromatic heterocycles. The number of hydrogen-bond donors (Lipinski definition) is 1. The van der Waals surface area contributed by atoms with Crippen molar-refractivity contribution in [3.63, 3.8) is 0 Å². The number of anilines is 1. The number of rotatable bonds is 4. The fourth-order valence-electron chi connectivity index (χ4n) is 2.02. The summed E-state index contributed by atoms with van der Waals surface area (Å²) >= 11 is 3.41. The Hall–Kier alpha value is -2.01. The van der Waals surface area contributed by atoms with Crippen molar-refractivity contribution in [1.29, 1.82) is 0 Å². The lowest BCUT2D eigenvalue weighted by atomic mass is 10.1. The third kappa shape index (κ3) is 3.55. The van der Waals surface area contributed by atoms with Crippen molar-refractivity contribution in [3.8, 4) is 5.75 Å². The zero-order chi connectivity index (χ0) is 15.4. The lowest BCUT2D eigenvalue weighted by molar-refractivity contribution is 0.0599. The van der Waals surface area contributed by atoms with Gasteiger partial charge in [0.2, 0.25) is 0 Å². The number of carbonyl (C=O) groups excluding carboxylic acids is 1. The Balaban J connectivity index is 2.24. The first-order chi connectivity index (χ1) is 10.0. The summed E-state index contributed by atoms with van der Waals surface area (Å²) in [4.78, 5) is 11.8. The molecule has 0 saturated carbocycles. The number of benzene rings is 2. The Bertz CT molecular complexity index is 671. The van der Waals surface area contributed by atoms with Crippen molar-refractivity contribution in [2.45, 2.75) is 13.5 Å². The standard InChI is InChI=1S/C16H16BrNO3/c1-10-8-12(17)6-7-14(10)21-9-11-4-3-5-13(18)15(11)16(19)20-2/h3-8H,9,18H2,1-2H3. The molecule has 4 nitrogen and oxygen atoms in total. The second-order valence-electron chi connectivity index (χ2n) is 4.57. The van der Waals surface area contributed by atoms with Crippen LogP contribution >= 0.6 is 15.9 Å². The number of aryl methyl sites for hydroxylation is 1. The maximum Gasteiger partial charge on any atom is 0.340 e. The third-order valence-electron chi connectivity index (χ3n) is 3.09. The fourth-order valence-corrected chi connectivity index (χ4v) is 2.50. The lowest BCUT2D eigenvalue weighted by Gasteiger charge is -2.13. The number of methoxy groups -OCH3 is 1. The minimum absolute atomic E-state index is 0.248. The molecule has 21 heavy (non-hydrogen) atoms. The highest BCUT2D eigenvalue weighted by molar-refractivity contribution is 9.10. The van der Waals surface area contributed by atoms with Crippen molar-refractivity contribution in [2.75, 3.05) is 12.8 Å². The molecule has 0 heterocycles. The Morgan fingerprint density at radius 1 is 1.29 bits per heavy atom. The van der Waals surface area contributed by atoms with E-state index in [4.69, 9.17) is 15.2 Å². The third-order valence-corrected chi connectivity index (χ3v) is 3.59. The van der Waals surface area contributed by atoms with Crippen molar-refractivity contribution < 1.29 is 14.3 Å². The van der Waals surface area contributed by atoms with E-state index in [2.05, 4.69) is 15.9 Å². The molecule has 2 aromatic rings. The van der Waals surface area contributed by atoms with Gasteiger partial charge in [0.25, 0.3) is 0 Å². The Kier molecular flexibility index (Phi) is 4.85. The fraction of sp³-hybridized carbons (Fsp3) is 0.188. The van der Waals surface area contributed by atoms with Crippen LogP contribution in [0.1, 0.15) is 21.5 Å². The average molecular weight is 350 g/mol. The smallest absolute Gasteiger partial charge is 0.340 e. The van der Waals surface area contributed by atoms with Gasteiger partial charge in [0.05, 0.1) is 12.7 Å².